The lowest BCUT2D eigenvalue weighted by Crippen LogP contribution is -2.41. The molecule has 0 saturated heterocycles. The molecule has 2 aliphatic rings. The first-order valence-corrected chi connectivity index (χ1v) is 7.11. The maximum absolute atomic E-state index is 12.6. The van der Waals surface area contributed by atoms with Crippen LogP contribution in [0, 0.1) is 5.92 Å². The van der Waals surface area contributed by atoms with Crippen molar-refractivity contribution >= 4 is 17.3 Å². The number of hydrogen-bond acceptors (Lipinski definition) is 4. The maximum atomic E-state index is 12.6. The van der Waals surface area contributed by atoms with Crippen LogP contribution in [0.25, 0.3) is 0 Å². The summed E-state index contributed by atoms with van der Waals surface area (Å²) >= 11 is 0. The third-order valence-corrected chi connectivity index (χ3v) is 4.22. The van der Waals surface area contributed by atoms with Crippen molar-refractivity contribution in [1.29, 1.82) is 0 Å². The van der Waals surface area contributed by atoms with Gasteiger partial charge in [0.25, 0.3) is 5.91 Å². The maximum Gasteiger partial charge on any atom is 0.269 e. The lowest BCUT2D eigenvalue weighted by molar-refractivity contribution is -0.125. The van der Waals surface area contributed by atoms with Gasteiger partial charge in [0.15, 0.2) is 5.60 Å². The van der Waals surface area contributed by atoms with Crippen LogP contribution in [0.4, 0.5) is 5.69 Å². The van der Waals surface area contributed by atoms with Gasteiger partial charge >= 0.3 is 0 Å². The van der Waals surface area contributed by atoms with E-state index in [9.17, 15) is 10.0 Å². The molecule has 2 aromatic rings. The molecule has 0 bridgehead atoms. The molecule has 1 saturated carbocycles. The number of benzene rings is 2. The smallest absolute Gasteiger partial charge is 0.269 e. The second-order valence-corrected chi connectivity index (χ2v) is 5.55. The molecule has 0 radical (unpaired) electrons. The summed E-state index contributed by atoms with van der Waals surface area (Å²) < 4.78 is 5.96. The highest BCUT2D eigenvalue weighted by Crippen LogP contribution is 2.54. The fourth-order valence-electron chi connectivity index (χ4n) is 3.01. The SMILES string of the molecule is O=C(Nc1ccccc1)C12CC1/C(=N/O)c1ccccc1O2. The molecule has 1 heterocycles. The molecule has 1 amide bonds. The number of ether oxygens (including phenoxy) is 1. The minimum atomic E-state index is -0.967. The first-order chi connectivity index (χ1) is 10.7. The molecule has 2 N–H and O–H groups in total. The van der Waals surface area contributed by atoms with Crippen molar-refractivity contribution in [3.63, 3.8) is 0 Å². The standard InChI is InChI=1S/C17H14N2O3/c20-16(18-11-6-2-1-3-7-11)17-10-13(17)15(19-21)12-8-4-5-9-14(12)22-17/h1-9,13,21H,10H2,(H,18,20)/b19-15+. The Hall–Kier alpha value is -2.82. The quantitative estimate of drug-likeness (QED) is 0.660. The number of amides is 1. The van der Waals surface area contributed by atoms with E-state index in [1.165, 1.54) is 0 Å². The molecule has 5 heteroatoms. The Morgan fingerprint density at radius 3 is 2.68 bits per heavy atom. The molecule has 2 aromatic carbocycles. The van der Waals surface area contributed by atoms with Gasteiger partial charge in [-0.1, -0.05) is 35.5 Å². The molecule has 5 nitrogen and oxygen atoms in total. The summed E-state index contributed by atoms with van der Waals surface area (Å²) in [6.45, 7) is 0. The van der Waals surface area contributed by atoms with Gasteiger partial charge in [-0.3, -0.25) is 4.79 Å². The summed E-state index contributed by atoms with van der Waals surface area (Å²) in [7, 11) is 0. The summed E-state index contributed by atoms with van der Waals surface area (Å²) in [5.41, 5.74) is 1.02. The molecule has 22 heavy (non-hydrogen) atoms. The number of hydrogen-bond donors (Lipinski definition) is 2. The van der Waals surface area contributed by atoms with Gasteiger partial charge in [0, 0.05) is 17.7 Å². The zero-order valence-corrected chi connectivity index (χ0v) is 11.7. The Balaban J connectivity index is 1.66. The van der Waals surface area contributed by atoms with Crippen LogP contribution in [0.2, 0.25) is 0 Å². The van der Waals surface area contributed by atoms with E-state index in [0.29, 0.717) is 17.9 Å². The Kier molecular flexibility index (Phi) is 2.69. The second-order valence-electron chi connectivity index (χ2n) is 5.55. The van der Waals surface area contributed by atoms with Crippen molar-refractivity contribution in [2.75, 3.05) is 5.32 Å². The Labute approximate surface area is 127 Å². The lowest BCUT2D eigenvalue weighted by Gasteiger charge is -2.25. The van der Waals surface area contributed by atoms with Gasteiger partial charge in [-0.2, -0.15) is 0 Å². The first-order valence-electron chi connectivity index (χ1n) is 7.11. The van der Waals surface area contributed by atoms with Gasteiger partial charge < -0.3 is 15.3 Å². The summed E-state index contributed by atoms with van der Waals surface area (Å²) in [4.78, 5) is 12.6. The van der Waals surface area contributed by atoms with Gasteiger partial charge in [0.05, 0.1) is 11.6 Å². The zero-order valence-electron chi connectivity index (χ0n) is 11.7. The van der Waals surface area contributed by atoms with E-state index in [4.69, 9.17) is 4.74 Å². The van der Waals surface area contributed by atoms with Crippen LogP contribution >= 0.6 is 0 Å². The van der Waals surface area contributed by atoms with Crippen LogP contribution in [0.5, 0.6) is 5.75 Å². The molecular formula is C17H14N2O3. The number of anilines is 1. The third-order valence-electron chi connectivity index (χ3n) is 4.22. The van der Waals surface area contributed by atoms with E-state index in [0.717, 1.165) is 11.3 Å². The average Bonchev–Trinajstić information content (AvgIpc) is 3.29. The highest BCUT2D eigenvalue weighted by Gasteiger charge is 2.68. The summed E-state index contributed by atoms with van der Waals surface area (Å²) in [5.74, 6) is 0.155. The van der Waals surface area contributed by atoms with Crippen molar-refractivity contribution in [3.05, 3.63) is 60.2 Å². The van der Waals surface area contributed by atoms with E-state index < -0.39 is 5.60 Å². The van der Waals surface area contributed by atoms with E-state index in [-0.39, 0.29) is 11.8 Å². The fourth-order valence-corrected chi connectivity index (χ4v) is 3.01. The monoisotopic (exact) mass is 294 g/mol. The van der Waals surface area contributed by atoms with Crippen molar-refractivity contribution < 1.29 is 14.7 Å². The molecule has 0 aromatic heterocycles. The molecule has 1 aliphatic heterocycles. The number of rotatable bonds is 2. The number of nitrogens with zero attached hydrogens (tertiary/aromatic N) is 1. The van der Waals surface area contributed by atoms with Crippen LogP contribution in [0.1, 0.15) is 12.0 Å². The van der Waals surface area contributed by atoms with Crippen LogP contribution in [0.3, 0.4) is 0 Å². The third kappa shape index (κ3) is 1.79. The van der Waals surface area contributed by atoms with Crippen molar-refractivity contribution in [3.8, 4) is 5.75 Å². The largest absolute Gasteiger partial charge is 0.476 e. The minimum absolute atomic E-state index is 0.209. The molecule has 1 aliphatic carbocycles. The van der Waals surface area contributed by atoms with Gasteiger partial charge in [-0.15, -0.1) is 0 Å². The molecule has 2 unspecified atom stereocenters. The van der Waals surface area contributed by atoms with Crippen LogP contribution < -0.4 is 10.1 Å². The van der Waals surface area contributed by atoms with E-state index >= 15 is 0 Å². The number of nitrogens with one attached hydrogen (secondary N) is 1. The van der Waals surface area contributed by atoms with Crippen molar-refractivity contribution in [2.24, 2.45) is 11.1 Å². The zero-order chi connectivity index (χ0) is 15.2. The van der Waals surface area contributed by atoms with Gasteiger partial charge in [0.2, 0.25) is 0 Å². The lowest BCUT2D eigenvalue weighted by atomic mass is 9.99. The highest BCUT2D eigenvalue weighted by molar-refractivity contribution is 6.15. The van der Waals surface area contributed by atoms with Crippen molar-refractivity contribution in [1.82, 2.24) is 0 Å². The normalized spacial score (nSPS) is 26.5. The molecule has 0 spiro atoms. The Morgan fingerprint density at radius 1 is 1.18 bits per heavy atom. The number of para-hydroxylation sites is 2. The van der Waals surface area contributed by atoms with Crippen LogP contribution in [-0.2, 0) is 4.79 Å². The van der Waals surface area contributed by atoms with E-state index in [1.807, 2.05) is 48.5 Å². The molecular weight excluding hydrogens is 280 g/mol. The summed E-state index contributed by atoms with van der Waals surface area (Å²) in [6, 6.07) is 16.6. The number of fused-ring (bicyclic) bond motifs is 2. The predicted molar refractivity (Wildman–Crippen MR) is 81.3 cm³/mol. The molecule has 1 fully saturated rings. The average molecular weight is 294 g/mol. The highest BCUT2D eigenvalue weighted by atomic mass is 16.5. The van der Waals surface area contributed by atoms with E-state index in [2.05, 4.69) is 10.5 Å². The van der Waals surface area contributed by atoms with Crippen LogP contribution in [0.15, 0.2) is 59.8 Å². The topological polar surface area (TPSA) is 70.9 Å². The van der Waals surface area contributed by atoms with Gasteiger partial charge in [0.1, 0.15) is 5.75 Å². The first kappa shape index (κ1) is 12.9. The summed E-state index contributed by atoms with van der Waals surface area (Å²) in [6.07, 6.45) is 0.514. The molecule has 110 valence electrons. The van der Waals surface area contributed by atoms with E-state index in [1.54, 1.807) is 6.07 Å². The van der Waals surface area contributed by atoms with Gasteiger partial charge in [-0.25, -0.2) is 0 Å². The molecule has 4 rings (SSSR count). The Morgan fingerprint density at radius 2 is 1.91 bits per heavy atom. The fraction of sp³-hybridized carbons (Fsp3) is 0.176. The second kappa shape index (κ2) is 4.59. The number of oxime groups is 1. The number of carbonyl (C=O) groups is 1. The van der Waals surface area contributed by atoms with Crippen molar-refractivity contribution in [2.45, 2.75) is 12.0 Å². The number of carbonyl (C=O) groups excluding carboxylic acids is 1. The Bertz CT molecular complexity index is 772. The summed E-state index contributed by atoms with van der Waals surface area (Å²) in [5, 5.41) is 15.6. The van der Waals surface area contributed by atoms with Crippen LogP contribution in [-0.4, -0.2) is 22.4 Å². The van der Waals surface area contributed by atoms with Gasteiger partial charge in [-0.05, 0) is 24.3 Å². The molecule has 2 atom stereocenters. The minimum Gasteiger partial charge on any atom is -0.476 e. The predicted octanol–water partition coefficient (Wildman–Crippen LogP) is 2.65.